The molecule has 1 N–H and O–H groups in total. The van der Waals surface area contributed by atoms with Crippen LogP contribution in [0.25, 0.3) is 16.8 Å². The van der Waals surface area contributed by atoms with Crippen LogP contribution in [0, 0.1) is 0 Å². The molecular weight excluding hydrogens is 330 g/mol. The minimum Gasteiger partial charge on any atom is -0.322 e. The molecule has 0 saturated carbocycles. The second-order valence-electron chi connectivity index (χ2n) is 8.31. The van der Waals surface area contributed by atoms with Gasteiger partial charge in [-0.25, -0.2) is 0 Å². The summed E-state index contributed by atoms with van der Waals surface area (Å²) in [5.74, 6) is -0.103. The molecule has 136 valence electrons. The molecule has 0 atom stereocenters. The van der Waals surface area contributed by atoms with Crippen LogP contribution in [0.5, 0.6) is 0 Å². The summed E-state index contributed by atoms with van der Waals surface area (Å²) in [4.78, 5) is 12.4. The molecule has 1 amide bonds. The lowest BCUT2D eigenvalue weighted by Gasteiger charge is -2.18. The van der Waals surface area contributed by atoms with E-state index in [0.29, 0.717) is 0 Å². The maximum atomic E-state index is 12.4. The first-order valence-electron chi connectivity index (χ1n) is 9.55. The van der Waals surface area contributed by atoms with E-state index in [1.807, 2.05) is 12.1 Å². The summed E-state index contributed by atoms with van der Waals surface area (Å²) in [6.45, 7) is 6.59. The fourth-order valence-corrected chi connectivity index (χ4v) is 3.80. The van der Waals surface area contributed by atoms with E-state index in [4.69, 9.17) is 0 Å². The Morgan fingerprint density at radius 1 is 0.926 bits per heavy atom. The van der Waals surface area contributed by atoms with Gasteiger partial charge in [-0.3, -0.25) is 4.79 Å². The molecule has 0 fully saturated rings. The SMILES string of the molecule is CC(C)(C)c1ccc(/C=C/C(=O)Nc2ccc3c4c(cccc24)CC3)cc1. The number of hydrogen-bond donors (Lipinski definition) is 1. The fourth-order valence-electron chi connectivity index (χ4n) is 3.80. The summed E-state index contributed by atoms with van der Waals surface area (Å²) >= 11 is 0. The van der Waals surface area contributed by atoms with E-state index in [0.717, 1.165) is 29.5 Å². The van der Waals surface area contributed by atoms with Crippen LogP contribution in [-0.2, 0) is 23.1 Å². The monoisotopic (exact) mass is 355 g/mol. The van der Waals surface area contributed by atoms with Crippen molar-refractivity contribution < 1.29 is 4.79 Å². The number of carbonyl (C=O) groups excluding carboxylic acids is 1. The molecule has 0 unspecified atom stereocenters. The normalized spacial score (nSPS) is 13.4. The Labute approximate surface area is 160 Å². The Bertz CT molecular complexity index is 1030. The number of hydrogen-bond acceptors (Lipinski definition) is 1. The summed E-state index contributed by atoms with van der Waals surface area (Å²) in [5, 5.41) is 5.50. The summed E-state index contributed by atoms with van der Waals surface area (Å²) in [6.07, 6.45) is 5.65. The van der Waals surface area contributed by atoms with E-state index in [1.54, 1.807) is 6.08 Å². The maximum Gasteiger partial charge on any atom is 0.248 e. The quantitative estimate of drug-likeness (QED) is 0.583. The molecule has 0 bridgehead atoms. The molecule has 3 aromatic carbocycles. The number of nitrogens with one attached hydrogen (secondary N) is 1. The zero-order valence-electron chi connectivity index (χ0n) is 16.2. The van der Waals surface area contributed by atoms with Gasteiger partial charge in [0.2, 0.25) is 5.91 Å². The Kier molecular flexibility index (Phi) is 4.35. The first-order valence-corrected chi connectivity index (χ1v) is 9.55. The first kappa shape index (κ1) is 17.5. The van der Waals surface area contributed by atoms with Crippen LogP contribution in [0.4, 0.5) is 5.69 Å². The first-order chi connectivity index (χ1) is 12.9. The van der Waals surface area contributed by atoms with Gasteiger partial charge in [-0.2, -0.15) is 0 Å². The Morgan fingerprint density at radius 3 is 2.33 bits per heavy atom. The average molecular weight is 355 g/mol. The third kappa shape index (κ3) is 3.52. The molecule has 4 rings (SSSR count). The third-order valence-electron chi connectivity index (χ3n) is 5.34. The molecule has 0 heterocycles. The van der Waals surface area contributed by atoms with Crippen molar-refractivity contribution in [2.75, 3.05) is 5.32 Å². The standard InChI is InChI=1S/C25H25NO/c1-25(2,3)20-13-7-17(8-14-20)9-16-23(27)26-22-15-12-19-11-10-18-5-4-6-21(22)24(18)19/h4-9,12-16H,10-11H2,1-3H3,(H,26,27)/b16-9+. The highest BCUT2D eigenvalue weighted by atomic mass is 16.1. The van der Waals surface area contributed by atoms with E-state index in [2.05, 4.69) is 74.6 Å². The topological polar surface area (TPSA) is 29.1 Å². The molecule has 0 radical (unpaired) electrons. The summed E-state index contributed by atoms with van der Waals surface area (Å²) in [6, 6.07) is 18.9. The van der Waals surface area contributed by atoms with E-state index < -0.39 is 0 Å². The third-order valence-corrected chi connectivity index (χ3v) is 5.34. The fraction of sp³-hybridized carbons (Fsp3) is 0.240. The minimum absolute atomic E-state index is 0.103. The summed E-state index contributed by atoms with van der Waals surface area (Å²) < 4.78 is 0. The van der Waals surface area contributed by atoms with Crippen LogP contribution in [0.1, 0.15) is 43.0 Å². The van der Waals surface area contributed by atoms with Crippen molar-refractivity contribution in [1.29, 1.82) is 0 Å². The molecule has 0 aliphatic heterocycles. The highest BCUT2D eigenvalue weighted by Crippen LogP contribution is 2.35. The van der Waals surface area contributed by atoms with Crippen LogP contribution in [0.2, 0.25) is 0 Å². The van der Waals surface area contributed by atoms with Crippen LogP contribution in [0.15, 0.2) is 60.7 Å². The van der Waals surface area contributed by atoms with Gasteiger partial charge in [0, 0.05) is 17.1 Å². The summed E-state index contributed by atoms with van der Waals surface area (Å²) in [5.41, 5.74) is 6.10. The van der Waals surface area contributed by atoms with E-state index in [1.165, 1.54) is 22.1 Å². The van der Waals surface area contributed by atoms with Gasteiger partial charge in [0.25, 0.3) is 0 Å². The van der Waals surface area contributed by atoms with Crippen molar-refractivity contribution in [3.63, 3.8) is 0 Å². The Morgan fingerprint density at radius 2 is 1.63 bits per heavy atom. The van der Waals surface area contributed by atoms with E-state index in [-0.39, 0.29) is 11.3 Å². The molecule has 3 aromatic rings. The Hall–Kier alpha value is -2.87. The van der Waals surface area contributed by atoms with Crippen LogP contribution < -0.4 is 5.32 Å². The van der Waals surface area contributed by atoms with E-state index >= 15 is 0 Å². The van der Waals surface area contributed by atoms with E-state index in [9.17, 15) is 4.79 Å². The van der Waals surface area contributed by atoms with Gasteiger partial charge in [0.15, 0.2) is 0 Å². The van der Waals surface area contributed by atoms with Crippen LogP contribution in [0.3, 0.4) is 0 Å². The lowest BCUT2D eigenvalue weighted by molar-refractivity contribution is -0.111. The molecular formula is C25H25NO. The predicted molar refractivity (Wildman–Crippen MR) is 114 cm³/mol. The van der Waals surface area contributed by atoms with Gasteiger partial charge < -0.3 is 5.32 Å². The van der Waals surface area contributed by atoms with Gasteiger partial charge in [0.1, 0.15) is 0 Å². The zero-order chi connectivity index (χ0) is 19.0. The molecule has 0 aromatic heterocycles. The number of benzene rings is 3. The zero-order valence-corrected chi connectivity index (χ0v) is 16.2. The minimum atomic E-state index is -0.103. The van der Waals surface area contributed by atoms with Crippen molar-refractivity contribution >= 4 is 28.4 Å². The summed E-state index contributed by atoms with van der Waals surface area (Å²) in [7, 11) is 0. The van der Waals surface area contributed by atoms with Gasteiger partial charge in [-0.1, -0.05) is 69.3 Å². The molecule has 2 nitrogen and oxygen atoms in total. The Balaban J connectivity index is 1.52. The number of aryl methyl sites for hydroxylation is 2. The largest absolute Gasteiger partial charge is 0.322 e. The van der Waals surface area contributed by atoms with Gasteiger partial charge in [0.05, 0.1) is 0 Å². The predicted octanol–water partition coefficient (Wildman–Crippen LogP) is 5.89. The van der Waals surface area contributed by atoms with Crippen molar-refractivity contribution in [2.45, 2.75) is 39.0 Å². The number of rotatable bonds is 3. The van der Waals surface area contributed by atoms with Gasteiger partial charge in [-0.15, -0.1) is 0 Å². The smallest absolute Gasteiger partial charge is 0.248 e. The number of anilines is 1. The van der Waals surface area contributed by atoms with Crippen molar-refractivity contribution in [3.05, 3.63) is 82.9 Å². The molecule has 0 spiro atoms. The molecule has 1 aliphatic rings. The number of carbonyl (C=O) groups is 1. The molecule has 27 heavy (non-hydrogen) atoms. The molecule has 0 saturated heterocycles. The lowest BCUT2D eigenvalue weighted by atomic mass is 9.87. The van der Waals surface area contributed by atoms with Crippen molar-refractivity contribution in [1.82, 2.24) is 0 Å². The lowest BCUT2D eigenvalue weighted by Crippen LogP contribution is -2.10. The maximum absolute atomic E-state index is 12.4. The highest BCUT2D eigenvalue weighted by Gasteiger charge is 2.16. The molecule has 1 aliphatic carbocycles. The second-order valence-corrected chi connectivity index (χ2v) is 8.31. The molecule has 2 heteroatoms. The number of amides is 1. The van der Waals surface area contributed by atoms with Crippen molar-refractivity contribution in [2.24, 2.45) is 0 Å². The van der Waals surface area contributed by atoms with Crippen LogP contribution >= 0.6 is 0 Å². The van der Waals surface area contributed by atoms with Gasteiger partial charge in [-0.05, 0) is 58.0 Å². The van der Waals surface area contributed by atoms with Gasteiger partial charge >= 0.3 is 0 Å². The second kappa shape index (κ2) is 6.70. The van der Waals surface area contributed by atoms with Crippen molar-refractivity contribution in [3.8, 4) is 0 Å². The highest BCUT2D eigenvalue weighted by molar-refractivity contribution is 6.09. The average Bonchev–Trinajstić information content (AvgIpc) is 3.07. The van der Waals surface area contributed by atoms with Crippen LogP contribution in [-0.4, -0.2) is 5.91 Å².